The number of carbonyl (C=O) groups is 6. The average Bonchev–Trinajstić information content (AvgIpc) is 3.53. The van der Waals surface area contributed by atoms with Crippen LogP contribution < -0.4 is 26.6 Å². The standard InChI is InChI=1S/C36H45N7O7/c1-20(2)31(42-33(47)27(10-7-11-30(45)46)41-34(48)28-17-23-8-5-6-9-26(23)40-28)36(50)43-15-14-22-16-21(3)12-13-25(22)32(43)35(49)39-24(19-37)18-29(44)38-4/h5-6,8-9,12-13,16,20,24,27-28,31-32,40H,7,10-11,14-15,17-18H2,1-4H3,(H,38,44)(H,39,49)(H,41,48)(H,42,47)(H,45,46)/t24-,27-,28?,31-,32-/m0/s1. The number of nitriles is 1. The Kier molecular flexibility index (Phi) is 12.5. The van der Waals surface area contributed by atoms with Crippen molar-refractivity contribution in [3.63, 3.8) is 0 Å². The summed E-state index contributed by atoms with van der Waals surface area (Å²) < 4.78 is 0. The molecule has 266 valence electrons. The molecule has 4 rings (SSSR count). The number of hydrogen-bond acceptors (Lipinski definition) is 8. The molecule has 14 nitrogen and oxygen atoms in total. The van der Waals surface area contributed by atoms with Crippen molar-refractivity contribution in [2.45, 2.75) is 89.5 Å². The Balaban J connectivity index is 1.56. The fraction of sp³-hybridized carbons (Fsp3) is 0.472. The zero-order valence-corrected chi connectivity index (χ0v) is 28.7. The van der Waals surface area contributed by atoms with Crippen LogP contribution in [0.15, 0.2) is 42.5 Å². The van der Waals surface area contributed by atoms with Crippen molar-refractivity contribution in [1.82, 2.24) is 26.2 Å². The van der Waals surface area contributed by atoms with Gasteiger partial charge >= 0.3 is 5.97 Å². The van der Waals surface area contributed by atoms with E-state index in [0.717, 1.165) is 22.4 Å². The molecule has 50 heavy (non-hydrogen) atoms. The average molecular weight is 688 g/mol. The lowest BCUT2D eigenvalue weighted by Gasteiger charge is -2.39. The number of anilines is 1. The molecule has 0 aromatic heterocycles. The molecule has 0 saturated heterocycles. The molecule has 0 aliphatic carbocycles. The van der Waals surface area contributed by atoms with Crippen LogP contribution in [0, 0.1) is 24.2 Å². The van der Waals surface area contributed by atoms with Gasteiger partial charge in [0.2, 0.25) is 29.5 Å². The Labute approximate surface area is 291 Å². The molecule has 2 aliphatic heterocycles. The highest BCUT2D eigenvalue weighted by molar-refractivity contribution is 5.96. The van der Waals surface area contributed by atoms with Crippen LogP contribution in [0.2, 0.25) is 0 Å². The maximum Gasteiger partial charge on any atom is 0.303 e. The van der Waals surface area contributed by atoms with Crippen LogP contribution in [-0.4, -0.2) is 83.3 Å². The van der Waals surface area contributed by atoms with Crippen LogP contribution in [0.1, 0.15) is 67.8 Å². The summed E-state index contributed by atoms with van der Waals surface area (Å²) in [6.07, 6.45) is 0.482. The van der Waals surface area contributed by atoms with Gasteiger partial charge in [-0.1, -0.05) is 55.8 Å². The highest BCUT2D eigenvalue weighted by Gasteiger charge is 2.41. The minimum atomic E-state index is -1.15. The minimum Gasteiger partial charge on any atom is -0.481 e. The number of nitrogens with zero attached hydrogens (tertiary/aromatic N) is 2. The van der Waals surface area contributed by atoms with Gasteiger partial charge in [-0.2, -0.15) is 5.26 Å². The molecule has 0 spiro atoms. The number of rotatable bonds is 14. The van der Waals surface area contributed by atoms with Gasteiger partial charge in [-0.3, -0.25) is 28.8 Å². The van der Waals surface area contributed by atoms with Gasteiger partial charge in [0.05, 0.1) is 12.5 Å². The van der Waals surface area contributed by atoms with Crippen molar-refractivity contribution < 1.29 is 33.9 Å². The first kappa shape index (κ1) is 37.4. The van der Waals surface area contributed by atoms with Gasteiger partial charge < -0.3 is 36.6 Å². The van der Waals surface area contributed by atoms with Gasteiger partial charge in [0, 0.05) is 32.1 Å². The largest absolute Gasteiger partial charge is 0.481 e. The summed E-state index contributed by atoms with van der Waals surface area (Å²) in [4.78, 5) is 80.0. The summed E-state index contributed by atoms with van der Waals surface area (Å²) in [5, 5.41) is 32.6. The van der Waals surface area contributed by atoms with Gasteiger partial charge in [0.25, 0.3) is 0 Å². The number of aliphatic carboxylic acids is 1. The van der Waals surface area contributed by atoms with E-state index < -0.39 is 71.6 Å². The maximum absolute atomic E-state index is 14.4. The lowest BCUT2D eigenvalue weighted by Crippen LogP contribution is -2.59. The molecule has 6 N–H and O–H groups in total. The van der Waals surface area contributed by atoms with Crippen LogP contribution in [0.25, 0.3) is 0 Å². The summed E-state index contributed by atoms with van der Waals surface area (Å²) >= 11 is 0. The van der Waals surface area contributed by atoms with E-state index in [-0.39, 0.29) is 32.2 Å². The summed E-state index contributed by atoms with van der Waals surface area (Å²) in [6.45, 7) is 5.54. The smallest absolute Gasteiger partial charge is 0.303 e. The van der Waals surface area contributed by atoms with Gasteiger partial charge in [-0.15, -0.1) is 0 Å². The lowest BCUT2D eigenvalue weighted by atomic mass is 9.89. The highest BCUT2D eigenvalue weighted by Crippen LogP contribution is 2.32. The third-order valence-electron chi connectivity index (χ3n) is 9.03. The van der Waals surface area contributed by atoms with Crippen molar-refractivity contribution in [3.8, 4) is 6.07 Å². The molecule has 14 heteroatoms. The minimum absolute atomic E-state index is 0.0188. The van der Waals surface area contributed by atoms with Gasteiger partial charge in [0.15, 0.2) is 0 Å². The Bertz CT molecular complexity index is 1640. The van der Waals surface area contributed by atoms with E-state index in [1.807, 2.05) is 49.4 Å². The van der Waals surface area contributed by atoms with Crippen LogP contribution >= 0.6 is 0 Å². The molecule has 2 aromatic rings. The van der Waals surface area contributed by atoms with Gasteiger partial charge in [-0.05, 0) is 54.9 Å². The van der Waals surface area contributed by atoms with Crippen molar-refractivity contribution in [2.24, 2.45) is 5.92 Å². The van der Waals surface area contributed by atoms with Crippen molar-refractivity contribution in [3.05, 3.63) is 64.7 Å². The highest BCUT2D eigenvalue weighted by atomic mass is 16.4. The van der Waals surface area contributed by atoms with Crippen molar-refractivity contribution >= 4 is 41.2 Å². The third kappa shape index (κ3) is 9.16. The van der Waals surface area contributed by atoms with Gasteiger partial charge in [-0.25, -0.2) is 0 Å². The molecule has 0 saturated carbocycles. The van der Waals surface area contributed by atoms with E-state index >= 15 is 0 Å². The molecule has 0 radical (unpaired) electrons. The van der Waals surface area contributed by atoms with Crippen molar-refractivity contribution in [1.29, 1.82) is 5.26 Å². The van der Waals surface area contributed by atoms with Gasteiger partial charge in [0.1, 0.15) is 30.2 Å². The quantitative estimate of drug-likeness (QED) is 0.170. The predicted molar refractivity (Wildman–Crippen MR) is 183 cm³/mol. The monoisotopic (exact) mass is 687 g/mol. The molecule has 5 atom stereocenters. The van der Waals surface area contributed by atoms with Crippen LogP contribution in [0.3, 0.4) is 0 Å². The van der Waals surface area contributed by atoms with Crippen LogP contribution in [0.5, 0.6) is 0 Å². The summed E-state index contributed by atoms with van der Waals surface area (Å²) in [5.41, 5.74) is 4.18. The zero-order valence-electron chi connectivity index (χ0n) is 28.7. The number of carboxylic acids is 1. The second-order valence-corrected chi connectivity index (χ2v) is 13.1. The van der Waals surface area contributed by atoms with E-state index in [9.17, 15) is 39.1 Å². The van der Waals surface area contributed by atoms with E-state index in [1.165, 1.54) is 11.9 Å². The van der Waals surface area contributed by atoms with Crippen molar-refractivity contribution in [2.75, 3.05) is 18.9 Å². The molecule has 2 heterocycles. The first-order valence-electron chi connectivity index (χ1n) is 16.8. The number of carboxylic acid groups (broad SMARTS) is 1. The fourth-order valence-electron chi connectivity index (χ4n) is 6.34. The Morgan fingerprint density at radius 3 is 2.42 bits per heavy atom. The molecule has 0 fully saturated rings. The normalized spacial score (nSPS) is 17.9. The summed E-state index contributed by atoms with van der Waals surface area (Å²) in [5.74, 6) is -4.21. The molecule has 2 aromatic carbocycles. The number of aryl methyl sites for hydroxylation is 1. The third-order valence-corrected chi connectivity index (χ3v) is 9.03. The zero-order chi connectivity index (χ0) is 36.5. The molecule has 5 amide bonds. The molecular weight excluding hydrogens is 642 g/mol. The number of hydrogen-bond donors (Lipinski definition) is 6. The Morgan fingerprint density at radius 1 is 1.02 bits per heavy atom. The predicted octanol–water partition coefficient (Wildman–Crippen LogP) is 1.48. The number of amides is 5. The number of fused-ring (bicyclic) bond motifs is 2. The van der Waals surface area contributed by atoms with E-state index in [2.05, 4.69) is 26.6 Å². The molecule has 0 bridgehead atoms. The molecule has 1 unspecified atom stereocenters. The molecular formula is C36H45N7O7. The second-order valence-electron chi connectivity index (χ2n) is 13.1. The number of benzene rings is 2. The number of para-hydroxylation sites is 1. The van der Waals surface area contributed by atoms with Crippen LogP contribution in [0.4, 0.5) is 5.69 Å². The topological polar surface area (TPSA) is 210 Å². The first-order chi connectivity index (χ1) is 23.8. The van der Waals surface area contributed by atoms with Crippen LogP contribution in [-0.2, 0) is 41.6 Å². The fourth-order valence-corrected chi connectivity index (χ4v) is 6.34. The number of carbonyl (C=O) groups excluding carboxylic acids is 5. The van der Waals surface area contributed by atoms with E-state index in [4.69, 9.17) is 0 Å². The second kappa shape index (κ2) is 16.8. The lowest BCUT2D eigenvalue weighted by molar-refractivity contribution is -0.145. The molecule has 2 aliphatic rings. The Hall–Kier alpha value is -5.45. The summed E-state index contributed by atoms with van der Waals surface area (Å²) in [7, 11) is 1.42. The van der Waals surface area contributed by atoms with E-state index in [1.54, 1.807) is 19.9 Å². The summed E-state index contributed by atoms with van der Waals surface area (Å²) in [6, 6.07) is 9.76. The van der Waals surface area contributed by atoms with E-state index in [0.29, 0.717) is 18.4 Å². The SMILES string of the molecule is CNC(=O)C[C@@H](C#N)NC(=O)[C@@H]1c2ccc(C)cc2CCN1C(=O)[C@@H](NC(=O)[C@H](CCCC(=O)O)NC(=O)C1Cc2ccccc2N1)C(C)C. The maximum atomic E-state index is 14.4. The first-order valence-corrected chi connectivity index (χ1v) is 16.8. The number of nitrogens with one attached hydrogen (secondary N) is 5. The Morgan fingerprint density at radius 2 is 1.76 bits per heavy atom.